The highest BCUT2D eigenvalue weighted by molar-refractivity contribution is 7.71. The number of H-pyrrole nitrogens is 1. The zero-order valence-corrected chi connectivity index (χ0v) is 16.1. The fraction of sp³-hybridized carbons (Fsp3) is 0.0455. The number of nitrogens with zero attached hydrogens (tertiary/aromatic N) is 3. The van der Waals surface area contributed by atoms with Crippen LogP contribution in [0.15, 0.2) is 84.0 Å². The summed E-state index contributed by atoms with van der Waals surface area (Å²) in [4.78, 5) is 0. The molecule has 144 valence electrons. The Morgan fingerprint density at radius 3 is 2.48 bits per heavy atom. The molecule has 0 aliphatic carbocycles. The largest absolute Gasteiger partial charge is 0.489 e. The van der Waals surface area contributed by atoms with E-state index in [1.165, 1.54) is 6.07 Å². The van der Waals surface area contributed by atoms with Crippen LogP contribution in [0.1, 0.15) is 11.1 Å². The van der Waals surface area contributed by atoms with E-state index in [1.807, 2.05) is 54.6 Å². The SMILES string of the molecule is Fc1ccccc1COc1ccc(/C=N\n2c(-c3ccccc3)n[nH]c2=S)cc1. The predicted octanol–water partition coefficient (Wildman–Crippen LogP) is 5.21. The van der Waals surface area contributed by atoms with E-state index in [9.17, 15) is 4.39 Å². The zero-order chi connectivity index (χ0) is 20.1. The number of rotatable bonds is 6. The van der Waals surface area contributed by atoms with Gasteiger partial charge in [0.1, 0.15) is 18.2 Å². The first-order chi connectivity index (χ1) is 14.2. The van der Waals surface area contributed by atoms with Crippen LogP contribution in [0.25, 0.3) is 11.4 Å². The maximum atomic E-state index is 13.7. The van der Waals surface area contributed by atoms with Crippen molar-refractivity contribution in [2.45, 2.75) is 6.61 Å². The lowest BCUT2D eigenvalue weighted by molar-refractivity contribution is 0.300. The molecular weight excluding hydrogens is 387 g/mol. The maximum Gasteiger partial charge on any atom is 0.216 e. The summed E-state index contributed by atoms with van der Waals surface area (Å²) >= 11 is 5.28. The molecule has 0 aliphatic rings. The highest BCUT2D eigenvalue weighted by Crippen LogP contribution is 2.17. The molecule has 0 bridgehead atoms. The third-order valence-corrected chi connectivity index (χ3v) is 4.50. The Hall–Kier alpha value is -3.58. The second-order valence-electron chi connectivity index (χ2n) is 6.22. The van der Waals surface area contributed by atoms with Crippen LogP contribution in [0.3, 0.4) is 0 Å². The van der Waals surface area contributed by atoms with E-state index in [-0.39, 0.29) is 12.4 Å². The minimum Gasteiger partial charge on any atom is -0.489 e. The van der Waals surface area contributed by atoms with E-state index in [2.05, 4.69) is 15.3 Å². The summed E-state index contributed by atoms with van der Waals surface area (Å²) in [6.45, 7) is 0.171. The number of aromatic nitrogens is 3. The molecule has 0 fully saturated rings. The van der Waals surface area contributed by atoms with Gasteiger partial charge in [-0.05, 0) is 48.1 Å². The van der Waals surface area contributed by atoms with Crippen molar-refractivity contribution in [2.24, 2.45) is 5.10 Å². The summed E-state index contributed by atoms with van der Waals surface area (Å²) in [5.41, 5.74) is 2.29. The van der Waals surface area contributed by atoms with E-state index in [0.717, 1.165) is 11.1 Å². The Morgan fingerprint density at radius 2 is 1.72 bits per heavy atom. The summed E-state index contributed by atoms with van der Waals surface area (Å²) in [5.74, 6) is 1.01. The normalized spacial score (nSPS) is 11.1. The van der Waals surface area contributed by atoms with Crippen LogP contribution in [-0.2, 0) is 6.61 Å². The summed E-state index contributed by atoms with van der Waals surface area (Å²) in [7, 11) is 0. The maximum absolute atomic E-state index is 13.7. The van der Waals surface area contributed by atoms with E-state index in [1.54, 1.807) is 29.1 Å². The summed E-state index contributed by atoms with van der Waals surface area (Å²) < 4.78 is 21.3. The van der Waals surface area contributed by atoms with Crippen molar-refractivity contribution in [3.63, 3.8) is 0 Å². The van der Waals surface area contributed by atoms with Gasteiger partial charge in [0.15, 0.2) is 5.82 Å². The average molecular weight is 404 g/mol. The van der Waals surface area contributed by atoms with Crippen molar-refractivity contribution in [3.8, 4) is 17.1 Å². The Labute approximate surface area is 172 Å². The molecule has 0 aliphatic heterocycles. The molecule has 0 unspecified atom stereocenters. The number of ether oxygens (including phenoxy) is 1. The fourth-order valence-electron chi connectivity index (χ4n) is 2.72. The second kappa shape index (κ2) is 8.62. The first-order valence-corrected chi connectivity index (χ1v) is 9.35. The molecule has 29 heavy (non-hydrogen) atoms. The number of halogens is 1. The molecular formula is C22H17FN4OS. The molecule has 7 heteroatoms. The van der Waals surface area contributed by atoms with Crippen molar-refractivity contribution in [2.75, 3.05) is 0 Å². The molecule has 0 saturated carbocycles. The van der Waals surface area contributed by atoms with Gasteiger partial charge in [0.25, 0.3) is 0 Å². The van der Waals surface area contributed by atoms with Gasteiger partial charge in [0, 0.05) is 11.1 Å². The van der Waals surface area contributed by atoms with Gasteiger partial charge in [-0.2, -0.15) is 14.9 Å². The lowest BCUT2D eigenvalue weighted by Gasteiger charge is -2.07. The third kappa shape index (κ3) is 4.47. The zero-order valence-electron chi connectivity index (χ0n) is 15.3. The quantitative estimate of drug-likeness (QED) is 0.355. The van der Waals surface area contributed by atoms with Crippen LogP contribution in [0.2, 0.25) is 0 Å². The van der Waals surface area contributed by atoms with E-state index >= 15 is 0 Å². The van der Waals surface area contributed by atoms with Gasteiger partial charge in [-0.1, -0.05) is 48.5 Å². The van der Waals surface area contributed by atoms with Gasteiger partial charge >= 0.3 is 0 Å². The minimum atomic E-state index is -0.276. The van der Waals surface area contributed by atoms with Crippen LogP contribution in [-0.4, -0.2) is 21.1 Å². The molecule has 0 radical (unpaired) electrons. The van der Waals surface area contributed by atoms with Gasteiger partial charge in [-0.15, -0.1) is 0 Å². The van der Waals surface area contributed by atoms with Crippen molar-refractivity contribution >= 4 is 18.4 Å². The molecule has 0 atom stereocenters. The van der Waals surface area contributed by atoms with Crippen molar-refractivity contribution < 1.29 is 9.13 Å². The van der Waals surface area contributed by atoms with Gasteiger partial charge in [-0.25, -0.2) is 9.49 Å². The average Bonchev–Trinajstić information content (AvgIpc) is 3.13. The highest BCUT2D eigenvalue weighted by Gasteiger charge is 2.07. The standard InChI is InChI=1S/C22H17FN4OS/c23-20-9-5-4-8-18(20)15-28-19-12-10-16(11-13-19)14-24-27-21(25-26-22(27)29)17-6-2-1-3-7-17/h1-14H,15H2,(H,26,29)/b24-14-. The number of benzene rings is 3. The van der Waals surface area contributed by atoms with Crippen LogP contribution in [0.4, 0.5) is 4.39 Å². The Morgan fingerprint density at radius 1 is 1.00 bits per heavy atom. The third-order valence-electron chi connectivity index (χ3n) is 4.24. The van der Waals surface area contributed by atoms with E-state index < -0.39 is 0 Å². The lowest BCUT2D eigenvalue weighted by atomic mass is 10.2. The molecule has 4 rings (SSSR count). The van der Waals surface area contributed by atoms with Crippen LogP contribution in [0, 0.1) is 10.6 Å². The Balaban J connectivity index is 1.47. The minimum absolute atomic E-state index is 0.171. The molecule has 1 aromatic heterocycles. The van der Waals surface area contributed by atoms with Crippen LogP contribution in [0.5, 0.6) is 5.75 Å². The molecule has 3 aromatic carbocycles. The molecule has 4 aromatic rings. The smallest absolute Gasteiger partial charge is 0.216 e. The summed E-state index contributed by atoms with van der Waals surface area (Å²) in [5, 5.41) is 11.5. The van der Waals surface area contributed by atoms with Crippen molar-refractivity contribution in [1.82, 2.24) is 14.9 Å². The molecule has 0 spiro atoms. The number of aromatic amines is 1. The van der Waals surface area contributed by atoms with E-state index in [4.69, 9.17) is 17.0 Å². The highest BCUT2D eigenvalue weighted by atomic mass is 32.1. The topological polar surface area (TPSA) is 55.2 Å². The van der Waals surface area contributed by atoms with Crippen LogP contribution >= 0.6 is 12.2 Å². The number of hydrogen-bond acceptors (Lipinski definition) is 4. The van der Waals surface area contributed by atoms with Gasteiger partial charge < -0.3 is 4.74 Å². The van der Waals surface area contributed by atoms with E-state index in [0.29, 0.717) is 21.9 Å². The monoisotopic (exact) mass is 404 g/mol. The molecule has 0 amide bonds. The second-order valence-corrected chi connectivity index (χ2v) is 6.61. The molecule has 0 saturated heterocycles. The molecule has 1 heterocycles. The summed E-state index contributed by atoms with van der Waals surface area (Å²) in [6.07, 6.45) is 1.69. The van der Waals surface area contributed by atoms with Gasteiger partial charge in [0.05, 0.1) is 6.21 Å². The molecule has 5 nitrogen and oxygen atoms in total. The molecule has 1 N–H and O–H groups in total. The first kappa shape index (κ1) is 18.8. The Bertz CT molecular complexity index is 1180. The summed E-state index contributed by atoms with van der Waals surface area (Å²) in [6, 6.07) is 23.6. The Kier molecular flexibility index (Phi) is 5.58. The van der Waals surface area contributed by atoms with Crippen molar-refractivity contribution in [1.29, 1.82) is 0 Å². The van der Waals surface area contributed by atoms with Gasteiger partial charge in [-0.3, -0.25) is 0 Å². The van der Waals surface area contributed by atoms with Crippen LogP contribution < -0.4 is 4.74 Å². The first-order valence-electron chi connectivity index (χ1n) is 8.94. The predicted molar refractivity (Wildman–Crippen MR) is 113 cm³/mol. The number of hydrogen-bond donors (Lipinski definition) is 1. The van der Waals surface area contributed by atoms with Gasteiger partial charge in [0.2, 0.25) is 4.77 Å². The number of nitrogens with one attached hydrogen (secondary N) is 1. The fourth-order valence-corrected chi connectivity index (χ4v) is 2.90. The lowest BCUT2D eigenvalue weighted by Crippen LogP contribution is -1.98. The van der Waals surface area contributed by atoms with Crippen molar-refractivity contribution in [3.05, 3.63) is 101 Å².